The van der Waals surface area contributed by atoms with Crippen LogP contribution < -0.4 is 4.74 Å². The Morgan fingerprint density at radius 2 is 2.00 bits per heavy atom. The summed E-state index contributed by atoms with van der Waals surface area (Å²) < 4.78 is 6.02. The molecule has 1 aromatic carbocycles. The lowest BCUT2D eigenvalue weighted by Gasteiger charge is -2.15. The van der Waals surface area contributed by atoms with Gasteiger partial charge in [-0.3, -0.25) is 4.98 Å². The summed E-state index contributed by atoms with van der Waals surface area (Å²) in [7, 11) is 1.51. The molecule has 0 radical (unpaired) electrons. The molecule has 0 aliphatic carbocycles. The van der Waals surface area contributed by atoms with Crippen LogP contribution in [0.25, 0.3) is 0 Å². The maximum Gasteiger partial charge on any atom is 0.238 e. The van der Waals surface area contributed by atoms with Crippen LogP contribution in [0.1, 0.15) is 22.9 Å². The van der Waals surface area contributed by atoms with Crippen molar-refractivity contribution in [1.82, 2.24) is 9.97 Å². The number of benzene rings is 1. The minimum absolute atomic E-state index is 0.337. The lowest BCUT2D eigenvalue weighted by atomic mass is 10.0. The van der Waals surface area contributed by atoms with Gasteiger partial charge in [-0.2, -0.15) is 0 Å². The van der Waals surface area contributed by atoms with Crippen LogP contribution in [-0.4, -0.2) is 22.2 Å². The van der Waals surface area contributed by atoms with Crippen LogP contribution in [0.2, 0.25) is 0 Å². The van der Waals surface area contributed by atoms with E-state index in [2.05, 4.69) is 25.9 Å². The molecule has 18 heavy (non-hydrogen) atoms. The van der Waals surface area contributed by atoms with E-state index in [1.165, 1.54) is 19.5 Å². The summed E-state index contributed by atoms with van der Waals surface area (Å²) in [5.74, 6) is 0.337. The third-order valence-electron chi connectivity index (χ3n) is 2.68. The van der Waals surface area contributed by atoms with Gasteiger partial charge in [-0.05, 0) is 30.2 Å². The number of aliphatic hydroxyl groups excluding tert-OH is 1. The monoisotopic (exact) mass is 308 g/mol. The van der Waals surface area contributed by atoms with Gasteiger partial charge in [0.2, 0.25) is 5.88 Å². The number of hydrogen-bond donors (Lipinski definition) is 1. The molecule has 0 saturated heterocycles. The Bertz CT molecular complexity index is 560. The van der Waals surface area contributed by atoms with E-state index in [1.807, 2.05) is 25.1 Å². The number of hydrogen-bond acceptors (Lipinski definition) is 4. The van der Waals surface area contributed by atoms with Gasteiger partial charge >= 0.3 is 0 Å². The standard InChI is InChI=1S/C13H13BrN2O2/c1-8-3-4-9(14)7-10(8)12(17)11-13(18-2)16-6-5-15-11/h3-7,12,17H,1-2H3. The van der Waals surface area contributed by atoms with Crippen LogP contribution in [0.4, 0.5) is 0 Å². The number of rotatable bonds is 3. The quantitative estimate of drug-likeness (QED) is 0.947. The van der Waals surface area contributed by atoms with Crippen molar-refractivity contribution in [3.05, 3.63) is 51.9 Å². The molecule has 2 rings (SSSR count). The van der Waals surface area contributed by atoms with Crippen LogP contribution in [-0.2, 0) is 0 Å². The Labute approximate surface area is 114 Å². The van der Waals surface area contributed by atoms with Crippen molar-refractivity contribution >= 4 is 15.9 Å². The second kappa shape index (κ2) is 5.46. The fraction of sp³-hybridized carbons (Fsp3) is 0.231. The zero-order valence-electron chi connectivity index (χ0n) is 10.1. The number of nitrogens with zero attached hydrogens (tertiary/aromatic N) is 2. The van der Waals surface area contributed by atoms with Crippen LogP contribution >= 0.6 is 15.9 Å². The van der Waals surface area contributed by atoms with Gasteiger partial charge in [-0.1, -0.05) is 22.0 Å². The van der Waals surface area contributed by atoms with E-state index in [4.69, 9.17) is 4.74 Å². The second-order valence-corrected chi connectivity index (χ2v) is 4.77. The summed E-state index contributed by atoms with van der Waals surface area (Å²) in [5.41, 5.74) is 2.18. The molecule has 1 unspecified atom stereocenters. The first-order chi connectivity index (χ1) is 8.63. The van der Waals surface area contributed by atoms with Gasteiger partial charge in [0.1, 0.15) is 11.8 Å². The Hall–Kier alpha value is -1.46. The number of aromatic nitrogens is 2. The molecule has 94 valence electrons. The largest absolute Gasteiger partial charge is 0.480 e. The molecule has 0 saturated carbocycles. The van der Waals surface area contributed by atoms with E-state index in [0.717, 1.165) is 15.6 Å². The van der Waals surface area contributed by atoms with Crippen molar-refractivity contribution in [2.75, 3.05) is 7.11 Å². The summed E-state index contributed by atoms with van der Waals surface area (Å²) in [6, 6.07) is 5.74. The molecule has 0 spiro atoms. The van der Waals surface area contributed by atoms with Gasteiger partial charge in [-0.15, -0.1) is 0 Å². The van der Waals surface area contributed by atoms with Gasteiger partial charge in [0.15, 0.2) is 0 Å². The van der Waals surface area contributed by atoms with Gasteiger partial charge in [-0.25, -0.2) is 4.98 Å². The Morgan fingerprint density at radius 3 is 2.72 bits per heavy atom. The van der Waals surface area contributed by atoms with Crippen molar-refractivity contribution in [3.63, 3.8) is 0 Å². The number of halogens is 1. The summed E-state index contributed by atoms with van der Waals surface area (Å²) in [6.07, 6.45) is 2.21. The van der Waals surface area contributed by atoms with Gasteiger partial charge in [0.25, 0.3) is 0 Å². The molecule has 1 heterocycles. The number of aliphatic hydroxyl groups is 1. The predicted molar refractivity (Wildman–Crippen MR) is 71.5 cm³/mol. The van der Waals surface area contributed by atoms with Crippen molar-refractivity contribution in [1.29, 1.82) is 0 Å². The first kappa shape index (κ1) is 13.0. The van der Waals surface area contributed by atoms with Gasteiger partial charge in [0.05, 0.1) is 7.11 Å². The first-order valence-electron chi connectivity index (χ1n) is 5.42. The lowest BCUT2D eigenvalue weighted by molar-refractivity contribution is 0.207. The normalized spacial score (nSPS) is 12.2. The van der Waals surface area contributed by atoms with Crippen LogP contribution in [0, 0.1) is 6.92 Å². The van der Waals surface area contributed by atoms with E-state index < -0.39 is 6.10 Å². The molecule has 0 aliphatic heterocycles. The second-order valence-electron chi connectivity index (χ2n) is 3.85. The molecule has 0 amide bonds. The number of methoxy groups -OCH3 is 1. The zero-order chi connectivity index (χ0) is 13.1. The highest BCUT2D eigenvalue weighted by molar-refractivity contribution is 9.10. The maximum absolute atomic E-state index is 10.4. The molecule has 1 N–H and O–H groups in total. The van der Waals surface area contributed by atoms with Crippen molar-refractivity contribution in [3.8, 4) is 5.88 Å². The summed E-state index contributed by atoms with van der Waals surface area (Å²) in [6.45, 7) is 1.94. The lowest BCUT2D eigenvalue weighted by Crippen LogP contribution is -2.07. The average Bonchev–Trinajstić information content (AvgIpc) is 2.40. The summed E-state index contributed by atoms with van der Waals surface area (Å²) in [4.78, 5) is 8.18. The molecule has 5 heteroatoms. The molecular formula is C13H13BrN2O2. The topological polar surface area (TPSA) is 55.2 Å². The van der Waals surface area contributed by atoms with E-state index in [9.17, 15) is 5.11 Å². The molecule has 4 nitrogen and oxygen atoms in total. The fourth-order valence-corrected chi connectivity index (χ4v) is 2.11. The molecule has 1 aromatic heterocycles. The number of ether oxygens (including phenoxy) is 1. The molecule has 2 aromatic rings. The molecule has 0 bridgehead atoms. The highest BCUT2D eigenvalue weighted by Crippen LogP contribution is 2.29. The highest BCUT2D eigenvalue weighted by atomic mass is 79.9. The van der Waals surface area contributed by atoms with Gasteiger partial charge in [0, 0.05) is 16.9 Å². The third kappa shape index (κ3) is 2.52. The SMILES string of the molecule is COc1nccnc1C(O)c1cc(Br)ccc1C. The third-order valence-corrected chi connectivity index (χ3v) is 3.17. The molecule has 0 aliphatic rings. The maximum atomic E-state index is 10.4. The Kier molecular flexibility index (Phi) is 3.93. The van der Waals surface area contributed by atoms with Gasteiger partial charge < -0.3 is 9.84 Å². The van der Waals surface area contributed by atoms with E-state index in [1.54, 1.807) is 0 Å². The summed E-state index contributed by atoms with van der Waals surface area (Å²) >= 11 is 3.39. The molecule has 0 fully saturated rings. The van der Waals surface area contributed by atoms with Crippen LogP contribution in [0.5, 0.6) is 5.88 Å². The Balaban J connectivity index is 2.47. The van der Waals surface area contributed by atoms with Crippen molar-refractivity contribution in [2.45, 2.75) is 13.0 Å². The average molecular weight is 309 g/mol. The van der Waals surface area contributed by atoms with E-state index in [0.29, 0.717) is 11.6 Å². The zero-order valence-corrected chi connectivity index (χ0v) is 11.7. The van der Waals surface area contributed by atoms with Crippen LogP contribution in [0.15, 0.2) is 35.1 Å². The van der Waals surface area contributed by atoms with E-state index >= 15 is 0 Å². The minimum Gasteiger partial charge on any atom is -0.480 e. The predicted octanol–water partition coefficient (Wildman–Crippen LogP) is 2.64. The Morgan fingerprint density at radius 1 is 1.28 bits per heavy atom. The minimum atomic E-state index is -0.855. The smallest absolute Gasteiger partial charge is 0.238 e. The highest BCUT2D eigenvalue weighted by Gasteiger charge is 2.19. The molecular weight excluding hydrogens is 296 g/mol. The van der Waals surface area contributed by atoms with E-state index in [-0.39, 0.29) is 0 Å². The van der Waals surface area contributed by atoms with Crippen molar-refractivity contribution in [2.24, 2.45) is 0 Å². The first-order valence-corrected chi connectivity index (χ1v) is 6.21. The fourth-order valence-electron chi connectivity index (χ4n) is 1.73. The number of aryl methyl sites for hydroxylation is 1. The van der Waals surface area contributed by atoms with Crippen molar-refractivity contribution < 1.29 is 9.84 Å². The summed E-state index contributed by atoms with van der Waals surface area (Å²) in [5, 5.41) is 10.4. The molecule has 1 atom stereocenters. The van der Waals surface area contributed by atoms with Crippen LogP contribution in [0.3, 0.4) is 0 Å².